The number of likely N-dealkylation sites (N-methyl/N-ethyl adjacent to an activating group) is 1. The number of aliphatic hydroxyl groups is 2. The Bertz CT molecular complexity index is 1960. The molecule has 3 aromatic rings. The zero-order valence-corrected chi connectivity index (χ0v) is 38.3. The maximum absolute atomic E-state index is 14.2. The molecule has 0 saturated heterocycles. The zero-order valence-electron chi connectivity index (χ0n) is 38.3. The fourth-order valence-electron chi connectivity index (χ4n) is 10.3. The van der Waals surface area contributed by atoms with Crippen LogP contribution in [0.4, 0.5) is 4.79 Å². The minimum Gasteiger partial charge on any atom is -0.459 e. The van der Waals surface area contributed by atoms with Crippen LogP contribution in [-0.2, 0) is 14.3 Å². The van der Waals surface area contributed by atoms with Crippen LogP contribution in [0.3, 0.4) is 0 Å². The molecule has 0 spiro atoms. The number of unbranched alkanes of at least 4 members (excludes halogenated alkanes) is 11. The molecular weight excluding hydrogens is 793 g/mol. The van der Waals surface area contributed by atoms with E-state index in [1.165, 1.54) is 44.9 Å². The molecule has 1 aliphatic heterocycles. The van der Waals surface area contributed by atoms with Crippen LogP contribution in [-0.4, -0.2) is 78.8 Å². The van der Waals surface area contributed by atoms with E-state index >= 15 is 0 Å². The monoisotopic (exact) mass is 867 g/mol. The Kier molecular flexibility index (Phi) is 18.8. The Morgan fingerprint density at radius 1 is 0.857 bits per heavy atom. The molecule has 1 fully saturated rings. The summed E-state index contributed by atoms with van der Waals surface area (Å²) >= 11 is 0. The Balaban J connectivity index is 1.36. The highest BCUT2D eigenvalue weighted by molar-refractivity contribution is 6.03. The normalized spacial score (nSPS) is 23.0. The first-order valence-electron chi connectivity index (χ1n) is 24.2. The van der Waals surface area contributed by atoms with Gasteiger partial charge in [-0.05, 0) is 97.5 Å². The van der Waals surface area contributed by atoms with Crippen molar-refractivity contribution in [1.29, 1.82) is 0 Å². The molecular formula is C53H74N2O8. The van der Waals surface area contributed by atoms with Crippen LogP contribution in [0.2, 0.25) is 0 Å². The Labute approximate surface area is 376 Å². The highest BCUT2D eigenvalue weighted by Crippen LogP contribution is 2.62. The first-order chi connectivity index (χ1) is 30.9. The molecule has 10 nitrogen and oxygen atoms in total. The van der Waals surface area contributed by atoms with Gasteiger partial charge in [0, 0.05) is 38.2 Å². The van der Waals surface area contributed by atoms with E-state index in [4.69, 9.17) is 28.9 Å². The standard InChI is InChI=1S/C53H74N2O8/c1-5-8-9-10-11-12-13-14-15-22-34-59-52(58)55(4)49-38-47(54-61-7-3)45-36-41(25-18-20-31-56)44(26-19-21-32-57)50-46-37-43(62-42-28-27-39-23-16-17-24-40(39)35-42)29-30-48(46)63-53(49,51(45)50)60-33-6-2/h6,16-17,23-24,27-30,35-37,41,44,49-51,56-57H,2,5,7-15,18-22,25-26,31-34,38H2,1,3-4H3/t41-,44+,49-,50+,51+,53+/m0/s1. The summed E-state index contributed by atoms with van der Waals surface area (Å²) in [6.45, 7) is 9.38. The zero-order chi connectivity index (χ0) is 44.4. The SMILES string of the molecule is C=CCO[C@@]12Oc3ccc(Oc4ccc5ccccc5c4)cc3[C@H]3[C@H](CCCCO)[C@@H](CCCCO)C=C(C(=NOCC)C[C@@H]1N(C)C(=O)OCCCCCCCCCCCC)[C@H]32. The molecule has 6 rings (SSSR count). The van der Waals surface area contributed by atoms with Crippen molar-refractivity contribution < 1.29 is 38.8 Å². The summed E-state index contributed by atoms with van der Waals surface area (Å²) in [6.07, 6.45) is 20.8. The van der Waals surface area contributed by atoms with Gasteiger partial charge in [0.2, 0.25) is 5.79 Å². The quantitative estimate of drug-likeness (QED) is 0.0442. The van der Waals surface area contributed by atoms with Gasteiger partial charge in [-0.2, -0.15) is 0 Å². The van der Waals surface area contributed by atoms with Gasteiger partial charge >= 0.3 is 6.09 Å². The second kappa shape index (κ2) is 24.6. The van der Waals surface area contributed by atoms with Crippen LogP contribution in [0.25, 0.3) is 10.8 Å². The van der Waals surface area contributed by atoms with Crippen molar-refractivity contribution in [3.63, 3.8) is 0 Å². The second-order valence-electron chi connectivity index (χ2n) is 17.7. The molecule has 0 unspecified atom stereocenters. The highest BCUT2D eigenvalue weighted by Gasteiger charge is 2.65. The second-order valence-corrected chi connectivity index (χ2v) is 17.7. The number of hydrogen-bond donors (Lipinski definition) is 2. The minimum atomic E-state index is -1.33. The van der Waals surface area contributed by atoms with Crippen molar-refractivity contribution in [2.75, 3.05) is 40.1 Å². The van der Waals surface area contributed by atoms with Crippen molar-refractivity contribution >= 4 is 22.6 Å². The molecule has 0 aromatic heterocycles. The van der Waals surface area contributed by atoms with Crippen LogP contribution >= 0.6 is 0 Å². The van der Waals surface area contributed by atoms with Crippen molar-refractivity contribution in [3.05, 3.63) is 90.5 Å². The number of hydrogen-bond acceptors (Lipinski definition) is 9. The average molecular weight is 867 g/mol. The number of oxime groups is 1. The lowest BCUT2D eigenvalue weighted by atomic mass is 9.55. The Morgan fingerprint density at radius 3 is 2.25 bits per heavy atom. The lowest BCUT2D eigenvalue weighted by Crippen LogP contribution is -2.69. The van der Waals surface area contributed by atoms with Gasteiger partial charge in [-0.1, -0.05) is 125 Å². The summed E-state index contributed by atoms with van der Waals surface area (Å²) in [6, 6.07) is 19.8. The first-order valence-corrected chi connectivity index (χ1v) is 24.2. The van der Waals surface area contributed by atoms with E-state index in [0.29, 0.717) is 44.0 Å². The molecule has 0 bridgehead atoms. The minimum absolute atomic E-state index is 0.106. The number of allylic oxidation sites excluding steroid dienone is 1. The smallest absolute Gasteiger partial charge is 0.409 e. The van der Waals surface area contributed by atoms with E-state index in [-0.39, 0.29) is 37.6 Å². The third-order valence-corrected chi connectivity index (χ3v) is 13.4. The molecule has 2 aliphatic carbocycles. The van der Waals surface area contributed by atoms with E-state index < -0.39 is 23.8 Å². The maximum atomic E-state index is 14.2. The predicted octanol–water partition coefficient (Wildman–Crippen LogP) is 12.3. The molecule has 1 amide bonds. The number of rotatable bonds is 27. The van der Waals surface area contributed by atoms with Crippen LogP contribution < -0.4 is 9.47 Å². The summed E-state index contributed by atoms with van der Waals surface area (Å²) in [5.41, 5.74) is 2.77. The molecule has 1 heterocycles. The number of amides is 1. The third kappa shape index (κ3) is 12.1. The van der Waals surface area contributed by atoms with Crippen molar-refractivity contribution in [3.8, 4) is 17.2 Å². The summed E-state index contributed by atoms with van der Waals surface area (Å²) in [5.74, 6) is 0.461. The molecule has 10 heteroatoms. The highest BCUT2D eigenvalue weighted by atomic mass is 16.7. The fraction of sp³-hybridized carbons (Fsp3) is 0.585. The summed E-state index contributed by atoms with van der Waals surface area (Å²) < 4.78 is 26.9. The molecule has 0 radical (unpaired) electrons. The van der Waals surface area contributed by atoms with Gasteiger partial charge in [0.1, 0.15) is 29.9 Å². The number of carbonyl (C=O) groups is 1. The van der Waals surface area contributed by atoms with Gasteiger partial charge < -0.3 is 38.9 Å². The average Bonchev–Trinajstić information content (AvgIpc) is 3.30. The third-order valence-electron chi connectivity index (χ3n) is 13.4. The molecule has 3 aromatic carbocycles. The summed E-state index contributed by atoms with van der Waals surface area (Å²) in [7, 11) is 1.78. The van der Waals surface area contributed by atoms with Crippen LogP contribution in [0, 0.1) is 17.8 Å². The largest absolute Gasteiger partial charge is 0.459 e. The lowest BCUT2D eigenvalue weighted by molar-refractivity contribution is -0.253. The van der Waals surface area contributed by atoms with Gasteiger partial charge in [-0.25, -0.2) is 4.79 Å². The number of benzene rings is 3. The van der Waals surface area contributed by atoms with Gasteiger partial charge in [0.25, 0.3) is 0 Å². The number of aliphatic hydroxyl groups excluding tert-OH is 2. The Morgan fingerprint density at radius 2 is 1.54 bits per heavy atom. The molecule has 63 heavy (non-hydrogen) atoms. The number of fused-ring (bicyclic) bond motifs is 3. The topological polar surface area (TPSA) is 119 Å². The van der Waals surface area contributed by atoms with E-state index in [0.717, 1.165) is 78.3 Å². The fourth-order valence-corrected chi connectivity index (χ4v) is 10.3. The van der Waals surface area contributed by atoms with E-state index in [1.807, 2.05) is 37.3 Å². The number of ether oxygens (including phenoxy) is 4. The van der Waals surface area contributed by atoms with Crippen LogP contribution in [0.15, 0.2) is 90.1 Å². The van der Waals surface area contributed by atoms with Crippen molar-refractivity contribution in [2.24, 2.45) is 22.9 Å². The first kappa shape index (κ1) is 48.1. The van der Waals surface area contributed by atoms with Crippen LogP contribution in [0.1, 0.15) is 134 Å². The van der Waals surface area contributed by atoms with E-state index in [9.17, 15) is 15.0 Å². The summed E-state index contributed by atoms with van der Waals surface area (Å²) in [4.78, 5) is 21.7. The van der Waals surface area contributed by atoms with Gasteiger partial charge in [0.05, 0.1) is 24.8 Å². The lowest BCUT2D eigenvalue weighted by Gasteiger charge is -2.59. The number of carbonyl (C=O) groups excluding carboxylic acids is 1. The van der Waals surface area contributed by atoms with Gasteiger partial charge in [0.15, 0.2) is 0 Å². The van der Waals surface area contributed by atoms with E-state index in [1.54, 1.807) is 18.0 Å². The molecule has 6 atom stereocenters. The molecule has 1 saturated carbocycles. The number of nitrogens with zero attached hydrogens (tertiary/aromatic N) is 2. The van der Waals surface area contributed by atoms with Crippen LogP contribution in [0.5, 0.6) is 17.2 Å². The summed E-state index contributed by atoms with van der Waals surface area (Å²) in [5, 5.41) is 26.8. The molecule has 3 aliphatic rings. The van der Waals surface area contributed by atoms with Crippen molar-refractivity contribution in [2.45, 2.75) is 141 Å². The Hall–Kier alpha value is -4.38. The van der Waals surface area contributed by atoms with Gasteiger partial charge in [-0.15, -0.1) is 6.58 Å². The maximum Gasteiger partial charge on any atom is 0.409 e. The van der Waals surface area contributed by atoms with E-state index in [2.05, 4.69) is 49.9 Å². The molecule has 344 valence electrons. The molecule has 2 N–H and O–H groups in total. The van der Waals surface area contributed by atoms with Crippen molar-refractivity contribution in [1.82, 2.24) is 4.90 Å². The predicted molar refractivity (Wildman–Crippen MR) is 252 cm³/mol. The van der Waals surface area contributed by atoms with Gasteiger partial charge in [-0.3, -0.25) is 0 Å².